The predicted octanol–water partition coefficient (Wildman–Crippen LogP) is 0.0714. The van der Waals surface area contributed by atoms with E-state index in [4.69, 9.17) is 0 Å². The Hall–Kier alpha value is -1.74. The molecule has 0 bridgehead atoms. The average Bonchev–Trinajstić information content (AvgIpc) is 2.38. The topological polar surface area (TPSA) is 96.7 Å². The number of nitro groups is 1. The molecule has 0 saturated carbocycles. The standard InChI is InChI=1S/C10H14N4O4S/c1-19(17,18)13-6-4-12(5-7-13)9-2-3-10(11-8-9)14(15)16/h2-3,8H,4-7H2,1H3. The van der Waals surface area contributed by atoms with Crippen molar-refractivity contribution in [2.75, 3.05) is 37.3 Å². The monoisotopic (exact) mass is 286 g/mol. The first-order valence-electron chi connectivity index (χ1n) is 5.68. The molecule has 1 aromatic rings. The van der Waals surface area contributed by atoms with E-state index < -0.39 is 14.9 Å². The largest absolute Gasteiger partial charge is 0.366 e. The summed E-state index contributed by atoms with van der Waals surface area (Å²) in [7, 11) is -3.15. The van der Waals surface area contributed by atoms with Crippen molar-refractivity contribution in [2.45, 2.75) is 0 Å². The minimum atomic E-state index is -3.15. The van der Waals surface area contributed by atoms with E-state index in [2.05, 4.69) is 4.98 Å². The smallest absolute Gasteiger partial charge is 0.363 e. The zero-order valence-corrected chi connectivity index (χ0v) is 11.2. The highest BCUT2D eigenvalue weighted by atomic mass is 32.2. The molecule has 104 valence electrons. The summed E-state index contributed by atoms with van der Waals surface area (Å²) in [5.41, 5.74) is 0.763. The Bertz CT molecular complexity index is 564. The van der Waals surface area contributed by atoms with Gasteiger partial charge in [-0.25, -0.2) is 8.42 Å². The molecule has 19 heavy (non-hydrogen) atoms. The van der Waals surface area contributed by atoms with Gasteiger partial charge in [0.1, 0.15) is 0 Å². The maximum atomic E-state index is 11.4. The molecule has 1 fully saturated rings. The number of pyridine rings is 1. The summed E-state index contributed by atoms with van der Waals surface area (Å²) >= 11 is 0. The van der Waals surface area contributed by atoms with Gasteiger partial charge in [0.15, 0.2) is 6.20 Å². The van der Waals surface area contributed by atoms with Crippen LogP contribution in [0, 0.1) is 10.1 Å². The van der Waals surface area contributed by atoms with Crippen molar-refractivity contribution < 1.29 is 13.3 Å². The van der Waals surface area contributed by atoms with Crippen LogP contribution in [0.1, 0.15) is 0 Å². The Morgan fingerprint density at radius 3 is 2.32 bits per heavy atom. The van der Waals surface area contributed by atoms with Gasteiger partial charge in [-0.05, 0) is 16.0 Å². The van der Waals surface area contributed by atoms with E-state index in [1.807, 2.05) is 4.90 Å². The van der Waals surface area contributed by atoms with Gasteiger partial charge in [-0.3, -0.25) is 0 Å². The minimum Gasteiger partial charge on any atom is -0.366 e. The molecular formula is C10H14N4O4S. The normalized spacial score (nSPS) is 17.4. The van der Waals surface area contributed by atoms with Gasteiger partial charge in [0, 0.05) is 32.2 Å². The Labute approximate surface area is 110 Å². The molecule has 9 heteroatoms. The molecule has 2 rings (SSSR count). The summed E-state index contributed by atoms with van der Waals surface area (Å²) < 4.78 is 24.2. The Morgan fingerprint density at radius 1 is 1.26 bits per heavy atom. The van der Waals surface area contributed by atoms with Gasteiger partial charge in [-0.15, -0.1) is 0 Å². The summed E-state index contributed by atoms with van der Waals surface area (Å²) in [5, 5.41) is 10.5. The second kappa shape index (κ2) is 5.10. The number of aromatic nitrogens is 1. The number of anilines is 1. The highest BCUT2D eigenvalue weighted by Gasteiger charge is 2.24. The molecule has 0 spiro atoms. The lowest BCUT2D eigenvalue weighted by molar-refractivity contribution is -0.389. The molecule has 0 amide bonds. The van der Waals surface area contributed by atoms with E-state index in [9.17, 15) is 18.5 Å². The Kier molecular flexibility index (Phi) is 3.67. The van der Waals surface area contributed by atoms with Crippen LogP contribution in [-0.2, 0) is 10.0 Å². The zero-order chi connectivity index (χ0) is 14.0. The van der Waals surface area contributed by atoms with Crippen molar-refractivity contribution in [3.8, 4) is 0 Å². The zero-order valence-electron chi connectivity index (χ0n) is 10.4. The average molecular weight is 286 g/mol. The van der Waals surface area contributed by atoms with Crippen LogP contribution in [0.5, 0.6) is 0 Å². The minimum absolute atomic E-state index is 0.196. The molecule has 0 aliphatic carbocycles. The number of hydrogen-bond acceptors (Lipinski definition) is 6. The van der Waals surface area contributed by atoms with Crippen LogP contribution >= 0.6 is 0 Å². The Morgan fingerprint density at radius 2 is 1.89 bits per heavy atom. The van der Waals surface area contributed by atoms with Gasteiger partial charge in [0.25, 0.3) is 0 Å². The molecule has 0 N–H and O–H groups in total. The van der Waals surface area contributed by atoms with Crippen LogP contribution in [0.3, 0.4) is 0 Å². The molecule has 1 aliphatic heterocycles. The number of piperazine rings is 1. The van der Waals surface area contributed by atoms with Crippen molar-refractivity contribution in [3.63, 3.8) is 0 Å². The van der Waals surface area contributed by atoms with Crippen LogP contribution in [0.2, 0.25) is 0 Å². The molecule has 0 unspecified atom stereocenters. The molecule has 1 saturated heterocycles. The van der Waals surface area contributed by atoms with E-state index in [0.29, 0.717) is 26.2 Å². The van der Waals surface area contributed by atoms with E-state index in [1.54, 1.807) is 6.07 Å². The molecule has 0 aromatic carbocycles. The third kappa shape index (κ3) is 3.18. The second-order valence-corrected chi connectivity index (χ2v) is 6.26. The predicted molar refractivity (Wildman–Crippen MR) is 69.5 cm³/mol. The SMILES string of the molecule is CS(=O)(=O)N1CCN(c2ccc([N+](=O)[O-])nc2)CC1. The maximum Gasteiger partial charge on any atom is 0.363 e. The fraction of sp³-hybridized carbons (Fsp3) is 0.500. The molecule has 1 aliphatic rings. The highest BCUT2D eigenvalue weighted by Crippen LogP contribution is 2.18. The lowest BCUT2D eigenvalue weighted by Crippen LogP contribution is -2.48. The summed E-state index contributed by atoms with van der Waals surface area (Å²) in [6, 6.07) is 2.97. The first kappa shape index (κ1) is 13.7. The lowest BCUT2D eigenvalue weighted by Gasteiger charge is -2.34. The maximum absolute atomic E-state index is 11.4. The van der Waals surface area contributed by atoms with Crippen LogP contribution in [-0.4, -0.2) is 55.1 Å². The van der Waals surface area contributed by atoms with E-state index >= 15 is 0 Å². The first-order valence-corrected chi connectivity index (χ1v) is 7.53. The third-order valence-corrected chi connectivity index (χ3v) is 4.30. The van der Waals surface area contributed by atoms with Crippen molar-refractivity contribution >= 4 is 21.5 Å². The van der Waals surface area contributed by atoms with Crippen LogP contribution < -0.4 is 4.90 Å². The molecule has 0 atom stereocenters. The number of sulfonamides is 1. The molecule has 1 aromatic heterocycles. The number of nitrogens with zero attached hydrogens (tertiary/aromatic N) is 4. The van der Waals surface area contributed by atoms with Crippen LogP contribution in [0.4, 0.5) is 11.5 Å². The van der Waals surface area contributed by atoms with E-state index in [0.717, 1.165) is 5.69 Å². The van der Waals surface area contributed by atoms with Gasteiger partial charge in [0.05, 0.1) is 11.9 Å². The third-order valence-electron chi connectivity index (χ3n) is 2.99. The van der Waals surface area contributed by atoms with Crippen LogP contribution in [0.25, 0.3) is 0 Å². The number of hydrogen-bond donors (Lipinski definition) is 0. The van der Waals surface area contributed by atoms with Gasteiger partial charge in [-0.2, -0.15) is 4.31 Å². The van der Waals surface area contributed by atoms with Gasteiger partial charge < -0.3 is 15.0 Å². The highest BCUT2D eigenvalue weighted by molar-refractivity contribution is 7.88. The fourth-order valence-electron chi connectivity index (χ4n) is 1.95. The van der Waals surface area contributed by atoms with Crippen LogP contribution in [0.15, 0.2) is 18.3 Å². The van der Waals surface area contributed by atoms with Crippen molar-refractivity contribution in [3.05, 3.63) is 28.4 Å². The lowest BCUT2D eigenvalue weighted by atomic mass is 10.3. The Balaban J connectivity index is 2.03. The summed E-state index contributed by atoms with van der Waals surface area (Å²) in [4.78, 5) is 15.7. The van der Waals surface area contributed by atoms with Gasteiger partial charge >= 0.3 is 5.82 Å². The summed E-state index contributed by atoms with van der Waals surface area (Å²) in [6.07, 6.45) is 2.63. The van der Waals surface area contributed by atoms with E-state index in [-0.39, 0.29) is 5.82 Å². The van der Waals surface area contributed by atoms with Crippen molar-refractivity contribution in [1.29, 1.82) is 0 Å². The van der Waals surface area contributed by atoms with Crippen molar-refractivity contribution in [1.82, 2.24) is 9.29 Å². The molecular weight excluding hydrogens is 272 g/mol. The molecule has 8 nitrogen and oxygen atoms in total. The second-order valence-electron chi connectivity index (χ2n) is 4.28. The van der Waals surface area contributed by atoms with Crippen molar-refractivity contribution in [2.24, 2.45) is 0 Å². The first-order chi connectivity index (χ1) is 8.88. The number of rotatable bonds is 3. The van der Waals surface area contributed by atoms with Gasteiger partial charge in [0.2, 0.25) is 10.0 Å². The van der Waals surface area contributed by atoms with Gasteiger partial charge in [-0.1, -0.05) is 0 Å². The molecule has 2 heterocycles. The molecule has 0 radical (unpaired) electrons. The summed E-state index contributed by atoms with van der Waals surface area (Å²) in [6.45, 7) is 1.92. The summed E-state index contributed by atoms with van der Waals surface area (Å²) in [5.74, 6) is -0.196. The fourth-order valence-corrected chi connectivity index (χ4v) is 2.78. The van der Waals surface area contributed by atoms with E-state index in [1.165, 1.54) is 22.8 Å². The quantitative estimate of drug-likeness (QED) is 0.576.